The molecule has 2 aromatic carbocycles. The molecular formula is C21H24N2O5. The van der Waals surface area contributed by atoms with Crippen LogP contribution < -0.4 is 20.1 Å². The van der Waals surface area contributed by atoms with Gasteiger partial charge in [-0.1, -0.05) is 35.9 Å². The first-order chi connectivity index (χ1) is 13.5. The molecular weight excluding hydrogens is 360 g/mol. The van der Waals surface area contributed by atoms with Gasteiger partial charge in [-0.2, -0.15) is 0 Å². The van der Waals surface area contributed by atoms with Crippen LogP contribution in [0.15, 0.2) is 42.5 Å². The number of aryl methyl sites for hydroxylation is 1. The maximum Gasteiger partial charge on any atom is 0.251 e. The van der Waals surface area contributed by atoms with Crippen molar-refractivity contribution < 1.29 is 23.8 Å². The van der Waals surface area contributed by atoms with Crippen LogP contribution in [0.2, 0.25) is 0 Å². The molecule has 0 aliphatic carbocycles. The quantitative estimate of drug-likeness (QED) is 0.794. The molecule has 0 unspecified atom stereocenters. The Morgan fingerprint density at radius 3 is 2.68 bits per heavy atom. The number of ether oxygens (including phenoxy) is 3. The Morgan fingerprint density at radius 2 is 1.96 bits per heavy atom. The van der Waals surface area contributed by atoms with Gasteiger partial charge in [0.05, 0.1) is 20.3 Å². The third kappa shape index (κ3) is 4.43. The molecule has 2 amide bonds. The topological polar surface area (TPSA) is 85.9 Å². The van der Waals surface area contributed by atoms with Crippen molar-refractivity contribution in [3.05, 3.63) is 59.2 Å². The Labute approximate surface area is 164 Å². The summed E-state index contributed by atoms with van der Waals surface area (Å²) in [5.41, 5.74) is 2.81. The minimum absolute atomic E-state index is 0.160. The normalized spacial score (nSPS) is 18.9. The van der Waals surface area contributed by atoms with Gasteiger partial charge in [0.1, 0.15) is 6.61 Å². The molecule has 1 aliphatic heterocycles. The second-order valence-electron chi connectivity index (χ2n) is 6.60. The molecule has 0 bridgehead atoms. The summed E-state index contributed by atoms with van der Waals surface area (Å²) in [6.07, 6.45) is -0.847. The van der Waals surface area contributed by atoms with Crippen molar-refractivity contribution in [2.75, 3.05) is 20.8 Å². The standard InChI is InChI=1S/C21H24N2O5/c1-13-5-4-6-14(9-13)11-22-21(25)20-19(23-18(24)12-28-20)15-7-8-16(26-2)17(10-15)27-3/h4-10,19-20H,11-12H2,1-3H3,(H,22,25)(H,23,24)/t19-,20+/m1/s1. The average molecular weight is 384 g/mol. The van der Waals surface area contributed by atoms with Gasteiger partial charge in [0, 0.05) is 6.54 Å². The molecule has 0 saturated carbocycles. The van der Waals surface area contributed by atoms with Crippen LogP contribution in [0.25, 0.3) is 0 Å². The number of morpholine rings is 1. The molecule has 1 saturated heterocycles. The summed E-state index contributed by atoms with van der Waals surface area (Å²) in [6.45, 7) is 2.22. The van der Waals surface area contributed by atoms with E-state index in [0.29, 0.717) is 23.6 Å². The highest BCUT2D eigenvalue weighted by molar-refractivity contribution is 5.86. The van der Waals surface area contributed by atoms with E-state index in [2.05, 4.69) is 10.6 Å². The van der Waals surface area contributed by atoms with Crippen LogP contribution in [0.4, 0.5) is 0 Å². The zero-order valence-electron chi connectivity index (χ0n) is 16.2. The lowest BCUT2D eigenvalue weighted by molar-refractivity contribution is -0.148. The van der Waals surface area contributed by atoms with Crippen molar-refractivity contribution in [3.63, 3.8) is 0 Å². The molecule has 28 heavy (non-hydrogen) atoms. The van der Waals surface area contributed by atoms with Crippen LogP contribution in [0.1, 0.15) is 22.7 Å². The fraction of sp³-hybridized carbons (Fsp3) is 0.333. The molecule has 2 atom stereocenters. The molecule has 1 fully saturated rings. The lowest BCUT2D eigenvalue weighted by atomic mass is 9.98. The Balaban J connectivity index is 1.78. The third-order valence-corrected chi connectivity index (χ3v) is 4.59. The van der Waals surface area contributed by atoms with Gasteiger partial charge in [-0.3, -0.25) is 9.59 Å². The summed E-state index contributed by atoms with van der Waals surface area (Å²) >= 11 is 0. The van der Waals surface area contributed by atoms with E-state index in [1.165, 1.54) is 7.11 Å². The number of benzene rings is 2. The molecule has 2 N–H and O–H groups in total. The van der Waals surface area contributed by atoms with Crippen LogP contribution in [-0.4, -0.2) is 38.7 Å². The molecule has 7 nitrogen and oxygen atoms in total. The van der Waals surface area contributed by atoms with Crippen molar-refractivity contribution >= 4 is 11.8 Å². The van der Waals surface area contributed by atoms with Crippen LogP contribution in [0.3, 0.4) is 0 Å². The fourth-order valence-corrected chi connectivity index (χ4v) is 3.20. The Hall–Kier alpha value is -3.06. The van der Waals surface area contributed by atoms with E-state index in [1.807, 2.05) is 31.2 Å². The van der Waals surface area contributed by atoms with Gasteiger partial charge < -0.3 is 24.8 Å². The molecule has 7 heteroatoms. The molecule has 0 aromatic heterocycles. The largest absolute Gasteiger partial charge is 0.493 e. The minimum atomic E-state index is -0.847. The van der Waals surface area contributed by atoms with Crippen LogP contribution >= 0.6 is 0 Å². The lowest BCUT2D eigenvalue weighted by Gasteiger charge is -2.32. The third-order valence-electron chi connectivity index (χ3n) is 4.59. The molecule has 0 spiro atoms. The van der Waals surface area contributed by atoms with Gasteiger partial charge in [-0.15, -0.1) is 0 Å². The number of carbonyl (C=O) groups excluding carboxylic acids is 2. The van der Waals surface area contributed by atoms with E-state index >= 15 is 0 Å². The van der Waals surface area contributed by atoms with E-state index in [4.69, 9.17) is 14.2 Å². The number of rotatable bonds is 6. The second-order valence-corrected chi connectivity index (χ2v) is 6.60. The molecule has 1 aliphatic rings. The average Bonchev–Trinajstić information content (AvgIpc) is 2.71. The van der Waals surface area contributed by atoms with Gasteiger partial charge in [0.2, 0.25) is 5.91 Å². The highest BCUT2D eigenvalue weighted by Gasteiger charge is 2.36. The summed E-state index contributed by atoms with van der Waals surface area (Å²) in [7, 11) is 3.08. The summed E-state index contributed by atoms with van der Waals surface area (Å²) < 4.78 is 16.1. The summed E-state index contributed by atoms with van der Waals surface area (Å²) in [5.74, 6) is 0.511. The second kappa shape index (κ2) is 8.75. The number of carbonyl (C=O) groups is 2. The molecule has 148 valence electrons. The summed E-state index contributed by atoms with van der Waals surface area (Å²) in [4.78, 5) is 24.7. The minimum Gasteiger partial charge on any atom is -0.493 e. The van der Waals surface area contributed by atoms with E-state index < -0.39 is 12.1 Å². The molecule has 0 radical (unpaired) electrons. The van der Waals surface area contributed by atoms with E-state index in [0.717, 1.165) is 11.1 Å². The van der Waals surface area contributed by atoms with Gasteiger partial charge in [0.15, 0.2) is 17.6 Å². The van der Waals surface area contributed by atoms with E-state index in [1.54, 1.807) is 25.3 Å². The fourth-order valence-electron chi connectivity index (χ4n) is 3.20. The number of hydrogen-bond donors (Lipinski definition) is 2. The first-order valence-electron chi connectivity index (χ1n) is 8.98. The lowest BCUT2D eigenvalue weighted by Crippen LogP contribution is -2.52. The predicted octanol–water partition coefficient (Wildman–Crippen LogP) is 1.88. The highest BCUT2D eigenvalue weighted by Crippen LogP contribution is 2.32. The Morgan fingerprint density at radius 1 is 1.18 bits per heavy atom. The first-order valence-corrected chi connectivity index (χ1v) is 8.98. The molecule has 1 heterocycles. The monoisotopic (exact) mass is 384 g/mol. The number of amides is 2. The van der Waals surface area contributed by atoms with Crippen molar-refractivity contribution in [2.45, 2.75) is 25.6 Å². The smallest absolute Gasteiger partial charge is 0.251 e. The summed E-state index contributed by atoms with van der Waals surface area (Å²) in [6, 6.07) is 12.5. The van der Waals surface area contributed by atoms with Crippen molar-refractivity contribution in [2.24, 2.45) is 0 Å². The van der Waals surface area contributed by atoms with Crippen molar-refractivity contribution in [3.8, 4) is 11.5 Å². The maximum atomic E-state index is 12.8. The Kier molecular flexibility index (Phi) is 6.16. The highest BCUT2D eigenvalue weighted by atomic mass is 16.5. The Bertz CT molecular complexity index is 868. The maximum absolute atomic E-state index is 12.8. The molecule has 3 rings (SSSR count). The van der Waals surface area contributed by atoms with Crippen LogP contribution in [-0.2, 0) is 20.9 Å². The van der Waals surface area contributed by atoms with Crippen LogP contribution in [0, 0.1) is 6.92 Å². The van der Waals surface area contributed by atoms with E-state index in [9.17, 15) is 9.59 Å². The number of nitrogens with one attached hydrogen (secondary N) is 2. The van der Waals surface area contributed by atoms with Gasteiger partial charge in [-0.25, -0.2) is 0 Å². The van der Waals surface area contributed by atoms with Gasteiger partial charge in [0.25, 0.3) is 5.91 Å². The molecule has 2 aromatic rings. The first kappa shape index (κ1) is 19.7. The summed E-state index contributed by atoms with van der Waals surface area (Å²) in [5, 5.41) is 5.73. The van der Waals surface area contributed by atoms with Crippen molar-refractivity contribution in [1.82, 2.24) is 10.6 Å². The van der Waals surface area contributed by atoms with Gasteiger partial charge >= 0.3 is 0 Å². The predicted molar refractivity (Wildman–Crippen MR) is 103 cm³/mol. The SMILES string of the molecule is COc1ccc([C@H]2NC(=O)CO[C@@H]2C(=O)NCc2cccc(C)c2)cc1OC. The number of methoxy groups -OCH3 is 2. The number of hydrogen-bond acceptors (Lipinski definition) is 5. The van der Waals surface area contributed by atoms with Crippen molar-refractivity contribution in [1.29, 1.82) is 0 Å². The van der Waals surface area contributed by atoms with E-state index in [-0.39, 0.29) is 18.4 Å². The van der Waals surface area contributed by atoms with Crippen LogP contribution in [0.5, 0.6) is 11.5 Å². The zero-order valence-corrected chi connectivity index (χ0v) is 16.2. The van der Waals surface area contributed by atoms with Gasteiger partial charge in [-0.05, 0) is 30.2 Å². The zero-order chi connectivity index (χ0) is 20.1.